The fourth-order valence-electron chi connectivity index (χ4n) is 3.47. The van der Waals surface area contributed by atoms with Crippen LogP contribution < -0.4 is 9.62 Å². The SMILES string of the molecule is CC[C@H](C)NC(=O)[C@H](C)N(Cc1ccccc1C)C(=O)CN(c1cc(Cl)ccc1C)S(C)(=O)=O. The molecule has 0 heterocycles. The van der Waals surface area contributed by atoms with Gasteiger partial charge in [0.15, 0.2) is 0 Å². The molecule has 2 atom stereocenters. The molecule has 0 spiro atoms. The second-order valence-corrected chi connectivity index (χ2v) is 11.0. The highest BCUT2D eigenvalue weighted by molar-refractivity contribution is 7.92. The number of carbonyl (C=O) groups is 2. The van der Waals surface area contributed by atoms with E-state index in [9.17, 15) is 18.0 Å². The number of hydrogen-bond acceptors (Lipinski definition) is 4. The van der Waals surface area contributed by atoms with E-state index in [2.05, 4.69) is 5.32 Å². The number of anilines is 1. The number of sulfonamides is 1. The Hall–Kier alpha value is -2.58. The molecule has 0 radical (unpaired) electrons. The van der Waals surface area contributed by atoms with Crippen molar-refractivity contribution in [3.63, 3.8) is 0 Å². The van der Waals surface area contributed by atoms with Crippen molar-refractivity contribution in [2.75, 3.05) is 17.1 Å². The predicted molar refractivity (Wildman–Crippen MR) is 137 cm³/mol. The number of halogens is 1. The maximum atomic E-state index is 13.6. The summed E-state index contributed by atoms with van der Waals surface area (Å²) in [4.78, 5) is 28.0. The van der Waals surface area contributed by atoms with Crippen LogP contribution in [-0.4, -0.2) is 50.0 Å². The lowest BCUT2D eigenvalue weighted by atomic mass is 10.1. The number of rotatable bonds is 10. The summed E-state index contributed by atoms with van der Waals surface area (Å²) in [5.74, 6) is -0.777. The molecule has 2 aromatic carbocycles. The van der Waals surface area contributed by atoms with Crippen LogP contribution in [-0.2, 0) is 26.2 Å². The molecule has 1 N–H and O–H groups in total. The van der Waals surface area contributed by atoms with Gasteiger partial charge in [-0.05, 0) is 62.9 Å². The van der Waals surface area contributed by atoms with Gasteiger partial charge >= 0.3 is 0 Å². The average Bonchev–Trinajstić information content (AvgIpc) is 2.77. The van der Waals surface area contributed by atoms with Gasteiger partial charge < -0.3 is 10.2 Å². The smallest absolute Gasteiger partial charge is 0.244 e. The van der Waals surface area contributed by atoms with Crippen LogP contribution in [0.25, 0.3) is 0 Å². The van der Waals surface area contributed by atoms with Gasteiger partial charge in [-0.25, -0.2) is 8.42 Å². The lowest BCUT2D eigenvalue weighted by molar-refractivity contribution is -0.139. The first-order valence-electron chi connectivity index (χ1n) is 11.2. The van der Waals surface area contributed by atoms with Crippen LogP contribution in [0.4, 0.5) is 5.69 Å². The zero-order valence-electron chi connectivity index (χ0n) is 20.6. The molecule has 0 bridgehead atoms. The Kier molecular flexibility index (Phi) is 9.53. The van der Waals surface area contributed by atoms with Gasteiger partial charge in [-0.2, -0.15) is 0 Å². The monoisotopic (exact) mass is 507 g/mol. The van der Waals surface area contributed by atoms with Crippen molar-refractivity contribution in [1.82, 2.24) is 10.2 Å². The molecule has 2 rings (SSSR count). The molecule has 0 aromatic heterocycles. The van der Waals surface area contributed by atoms with Gasteiger partial charge in [-0.1, -0.05) is 48.9 Å². The Labute approximate surface area is 208 Å². The van der Waals surface area contributed by atoms with Gasteiger partial charge in [-0.3, -0.25) is 13.9 Å². The minimum absolute atomic E-state index is 0.0491. The lowest BCUT2D eigenvalue weighted by Crippen LogP contribution is -2.52. The largest absolute Gasteiger partial charge is 0.352 e. The summed E-state index contributed by atoms with van der Waals surface area (Å²) in [5.41, 5.74) is 2.84. The van der Waals surface area contributed by atoms with Crippen LogP contribution in [0, 0.1) is 13.8 Å². The summed E-state index contributed by atoms with van der Waals surface area (Å²) in [5, 5.41) is 3.28. The van der Waals surface area contributed by atoms with E-state index >= 15 is 0 Å². The van der Waals surface area contributed by atoms with Crippen molar-refractivity contribution in [2.45, 2.75) is 59.7 Å². The standard InChI is InChI=1S/C25H34ClN3O4S/c1-7-19(4)27-25(31)20(5)28(15-21-11-9-8-10-17(21)2)24(30)16-29(34(6,32)33)23-14-22(26)13-12-18(23)3/h8-14,19-20H,7,15-16H2,1-6H3,(H,27,31)/t19-,20-/m0/s1. The summed E-state index contributed by atoms with van der Waals surface area (Å²) in [6, 6.07) is 11.6. The summed E-state index contributed by atoms with van der Waals surface area (Å²) in [6.07, 6.45) is 1.80. The van der Waals surface area contributed by atoms with Crippen LogP contribution in [0.5, 0.6) is 0 Å². The summed E-state index contributed by atoms with van der Waals surface area (Å²) in [6.45, 7) is 8.92. The van der Waals surface area contributed by atoms with Crippen molar-refractivity contribution in [3.8, 4) is 0 Å². The highest BCUT2D eigenvalue weighted by Gasteiger charge is 2.31. The molecular formula is C25H34ClN3O4S. The van der Waals surface area contributed by atoms with Gasteiger partial charge in [-0.15, -0.1) is 0 Å². The number of nitrogens with one attached hydrogen (secondary N) is 1. The van der Waals surface area contributed by atoms with Gasteiger partial charge in [0.25, 0.3) is 0 Å². The second-order valence-electron chi connectivity index (χ2n) is 8.64. The maximum absolute atomic E-state index is 13.6. The fourth-order valence-corrected chi connectivity index (χ4v) is 4.53. The van der Waals surface area contributed by atoms with Crippen LogP contribution in [0.2, 0.25) is 5.02 Å². The molecule has 34 heavy (non-hydrogen) atoms. The molecule has 0 saturated heterocycles. The van der Waals surface area contributed by atoms with Gasteiger partial charge in [0.05, 0.1) is 11.9 Å². The molecule has 2 aromatic rings. The van der Waals surface area contributed by atoms with Crippen LogP contribution in [0.15, 0.2) is 42.5 Å². The summed E-state index contributed by atoms with van der Waals surface area (Å²) >= 11 is 6.12. The minimum Gasteiger partial charge on any atom is -0.352 e. The number of aryl methyl sites for hydroxylation is 2. The average molecular weight is 508 g/mol. The third-order valence-electron chi connectivity index (χ3n) is 5.89. The molecule has 0 aliphatic carbocycles. The molecule has 7 nitrogen and oxygen atoms in total. The zero-order chi connectivity index (χ0) is 25.6. The van der Waals surface area contributed by atoms with Gasteiger partial charge in [0.1, 0.15) is 12.6 Å². The topological polar surface area (TPSA) is 86.8 Å². The minimum atomic E-state index is -3.81. The molecule has 186 valence electrons. The fraction of sp³-hybridized carbons (Fsp3) is 0.440. The Morgan fingerprint density at radius 1 is 1.06 bits per heavy atom. The van der Waals surface area contributed by atoms with E-state index < -0.39 is 28.5 Å². The van der Waals surface area contributed by atoms with Crippen LogP contribution in [0.1, 0.15) is 43.9 Å². The van der Waals surface area contributed by atoms with Gasteiger partial charge in [0.2, 0.25) is 21.8 Å². The number of amides is 2. The first kappa shape index (κ1) is 27.7. The van der Waals surface area contributed by atoms with E-state index in [1.54, 1.807) is 26.0 Å². The van der Waals surface area contributed by atoms with E-state index in [4.69, 9.17) is 11.6 Å². The van der Waals surface area contributed by atoms with E-state index in [1.165, 1.54) is 11.0 Å². The Bertz CT molecular complexity index is 1140. The molecule has 0 aliphatic heterocycles. The van der Waals surface area contributed by atoms with Crippen molar-refractivity contribution in [3.05, 3.63) is 64.2 Å². The molecular weight excluding hydrogens is 474 g/mol. The summed E-state index contributed by atoms with van der Waals surface area (Å²) < 4.78 is 26.4. The van der Waals surface area contributed by atoms with Crippen molar-refractivity contribution < 1.29 is 18.0 Å². The number of carbonyl (C=O) groups excluding carboxylic acids is 2. The third-order valence-corrected chi connectivity index (χ3v) is 7.25. The molecule has 2 amide bonds. The quantitative estimate of drug-likeness (QED) is 0.525. The zero-order valence-corrected chi connectivity index (χ0v) is 22.2. The van der Waals surface area contributed by atoms with Crippen molar-refractivity contribution in [1.29, 1.82) is 0 Å². The lowest BCUT2D eigenvalue weighted by Gasteiger charge is -2.32. The first-order valence-corrected chi connectivity index (χ1v) is 13.5. The highest BCUT2D eigenvalue weighted by Crippen LogP contribution is 2.27. The molecule has 0 aliphatic rings. The van der Waals surface area contributed by atoms with Crippen LogP contribution >= 0.6 is 11.6 Å². The Morgan fingerprint density at radius 3 is 2.29 bits per heavy atom. The van der Waals surface area contributed by atoms with Gasteiger partial charge in [0, 0.05) is 17.6 Å². The predicted octanol–water partition coefficient (Wildman–Crippen LogP) is 4.05. The van der Waals surface area contributed by atoms with E-state index in [0.717, 1.165) is 28.1 Å². The molecule has 0 saturated carbocycles. The highest BCUT2D eigenvalue weighted by atomic mass is 35.5. The second kappa shape index (κ2) is 11.7. The molecule has 9 heteroatoms. The first-order chi connectivity index (χ1) is 15.8. The normalized spacial score (nSPS) is 13.1. The van der Waals surface area contributed by atoms with E-state index in [-0.39, 0.29) is 18.5 Å². The number of benzene rings is 2. The van der Waals surface area contributed by atoms with E-state index in [0.29, 0.717) is 16.3 Å². The third kappa shape index (κ3) is 7.21. The molecule has 0 unspecified atom stereocenters. The number of hydrogen-bond donors (Lipinski definition) is 1. The summed E-state index contributed by atoms with van der Waals surface area (Å²) in [7, 11) is -3.81. The van der Waals surface area contributed by atoms with Crippen molar-refractivity contribution in [2.24, 2.45) is 0 Å². The number of nitrogens with zero attached hydrogens (tertiary/aromatic N) is 2. The maximum Gasteiger partial charge on any atom is 0.244 e. The Morgan fingerprint density at radius 2 is 1.71 bits per heavy atom. The van der Waals surface area contributed by atoms with Crippen LogP contribution in [0.3, 0.4) is 0 Å². The van der Waals surface area contributed by atoms with Crippen molar-refractivity contribution >= 4 is 39.1 Å². The Balaban J connectivity index is 2.45. The van der Waals surface area contributed by atoms with E-state index in [1.807, 2.05) is 45.0 Å². The molecule has 0 fully saturated rings.